The van der Waals surface area contributed by atoms with E-state index >= 15 is 0 Å². The van der Waals surface area contributed by atoms with Crippen LogP contribution in [0.25, 0.3) is 0 Å². The topological polar surface area (TPSA) is 60.4 Å². The molecule has 0 aromatic heterocycles. The van der Waals surface area contributed by atoms with E-state index in [1.807, 2.05) is 0 Å². The number of halogens is 1. The Morgan fingerprint density at radius 1 is 1.43 bits per heavy atom. The van der Waals surface area contributed by atoms with Gasteiger partial charge >= 0.3 is 5.97 Å². The fraction of sp³-hybridized carbons (Fsp3) is 0.667. The second-order valence-corrected chi connectivity index (χ2v) is 3.59. The summed E-state index contributed by atoms with van der Waals surface area (Å²) >= 11 is 5.29. The van der Waals surface area contributed by atoms with Gasteiger partial charge in [-0.25, -0.2) is 0 Å². The Bertz CT molecular complexity index is 274. The lowest BCUT2D eigenvalue weighted by molar-refractivity contribution is -0.150. The summed E-state index contributed by atoms with van der Waals surface area (Å²) in [5.74, 6) is -1.98. The van der Waals surface area contributed by atoms with Crippen LogP contribution in [0, 0.1) is 11.8 Å². The molecular weight excluding hydrogens is 208 g/mol. The molecule has 4 nitrogen and oxygen atoms in total. The van der Waals surface area contributed by atoms with Crippen LogP contribution in [0.2, 0.25) is 0 Å². The Morgan fingerprint density at radius 2 is 2.00 bits per heavy atom. The van der Waals surface area contributed by atoms with E-state index in [0.29, 0.717) is 0 Å². The summed E-state index contributed by atoms with van der Waals surface area (Å²) in [5.41, 5.74) is 0. The highest BCUT2D eigenvalue weighted by molar-refractivity contribution is 6.64. The van der Waals surface area contributed by atoms with E-state index in [0.717, 1.165) is 0 Å². The fourth-order valence-corrected chi connectivity index (χ4v) is 1.82. The maximum absolute atomic E-state index is 11.3. The molecule has 0 N–H and O–H groups in total. The number of esters is 1. The summed E-state index contributed by atoms with van der Waals surface area (Å²) in [6.45, 7) is 1.92. The van der Waals surface area contributed by atoms with Gasteiger partial charge in [-0.05, 0) is 18.5 Å². The third kappa shape index (κ3) is 2.32. The van der Waals surface area contributed by atoms with Gasteiger partial charge in [-0.3, -0.25) is 14.4 Å². The Morgan fingerprint density at radius 3 is 2.50 bits per heavy atom. The van der Waals surface area contributed by atoms with Crippen LogP contribution >= 0.6 is 11.6 Å². The van der Waals surface area contributed by atoms with Crippen LogP contribution in [0.5, 0.6) is 0 Å². The number of hydrogen-bond acceptors (Lipinski definition) is 4. The Labute approximate surface area is 86.6 Å². The molecule has 1 saturated carbocycles. The van der Waals surface area contributed by atoms with Gasteiger partial charge in [0.05, 0.1) is 18.4 Å². The molecule has 0 spiro atoms. The zero-order chi connectivity index (χ0) is 10.7. The van der Waals surface area contributed by atoms with Crippen molar-refractivity contribution >= 4 is 28.6 Å². The first-order valence-corrected chi connectivity index (χ1v) is 4.81. The number of carbonyl (C=O) groups is 3. The highest BCUT2D eigenvalue weighted by Crippen LogP contribution is 2.31. The molecule has 14 heavy (non-hydrogen) atoms. The number of rotatable bonds is 3. The van der Waals surface area contributed by atoms with Gasteiger partial charge in [-0.1, -0.05) is 0 Å². The van der Waals surface area contributed by atoms with E-state index in [9.17, 15) is 14.4 Å². The van der Waals surface area contributed by atoms with Gasteiger partial charge in [0, 0.05) is 12.8 Å². The summed E-state index contributed by atoms with van der Waals surface area (Å²) in [4.78, 5) is 33.3. The summed E-state index contributed by atoms with van der Waals surface area (Å²) in [6.07, 6.45) is 0.133. The molecule has 1 aliphatic carbocycles. The average molecular weight is 219 g/mol. The minimum Gasteiger partial charge on any atom is -0.466 e. The fourth-order valence-electron chi connectivity index (χ4n) is 1.59. The normalized spacial score (nSPS) is 26.3. The zero-order valence-corrected chi connectivity index (χ0v) is 8.54. The number of ketones is 1. The Hall–Kier alpha value is -0.900. The van der Waals surface area contributed by atoms with Crippen molar-refractivity contribution in [2.45, 2.75) is 19.8 Å². The number of carbonyl (C=O) groups excluding carboxylic acids is 3. The summed E-state index contributed by atoms with van der Waals surface area (Å²) in [6, 6.07) is 0. The van der Waals surface area contributed by atoms with E-state index < -0.39 is 23.0 Å². The number of ether oxygens (including phenoxy) is 1. The molecule has 2 atom stereocenters. The smallest absolute Gasteiger partial charge is 0.310 e. The van der Waals surface area contributed by atoms with Crippen molar-refractivity contribution in [3.05, 3.63) is 0 Å². The van der Waals surface area contributed by atoms with Crippen LogP contribution in [-0.4, -0.2) is 23.6 Å². The lowest BCUT2D eigenvalue weighted by Gasteiger charge is -2.12. The van der Waals surface area contributed by atoms with Gasteiger partial charge in [-0.2, -0.15) is 0 Å². The van der Waals surface area contributed by atoms with Crippen molar-refractivity contribution in [3.8, 4) is 0 Å². The molecule has 1 fully saturated rings. The van der Waals surface area contributed by atoms with Crippen LogP contribution in [0.4, 0.5) is 0 Å². The first-order valence-electron chi connectivity index (χ1n) is 4.44. The predicted octanol–water partition coefficient (Wildman–Crippen LogP) is 0.910. The van der Waals surface area contributed by atoms with Crippen molar-refractivity contribution in [3.63, 3.8) is 0 Å². The summed E-state index contributed by atoms with van der Waals surface area (Å²) in [7, 11) is 0. The predicted molar refractivity (Wildman–Crippen MR) is 48.7 cm³/mol. The van der Waals surface area contributed by atoms with Gasteiger partial charge < -0.3 is 4.74 Å². The van der Waals surface area contributed by atoms with E-state index in [1.54, 1.807) is 6.92 Å². The molecule has 5 heteroatoms. The molecule has 2 unspecified atom stereocenters. The lowest BCUT2D eigenvalue weighted by Crippen LogP contribution is -2.24. The standard InChI is InChI=1S/C9H11ClO4/c1-2-14-9(13)7-4-5(11)3-6(7)8(10)12/h6-7H,2-4H2,1H3. The highest BCUT2D eigenvalue weighted by atomic mass is 35.5. The van der Waals surface area contributed by atoms with Crippen molar-refractivity contribution in [2.24, 2.45) is 11.8 Å². The molecular formula is C9H11ClO4. The number of hydrogen-bond donors (Lipinski definition) is 0. The third-order valence-electron chi connectivity index (χ3n) is 2.26. The maximum Gasteiger partial charge on any atom is 0.310 e. The summed E-state index contributed by atoms with van der Waals surface area (Å²) < 4.78 is 4.75. The molecule has 0 aliphatic heterocycles. The maximum atomic E-state index is 11.3. The van der Waals surface area contributed by atoms with Gasteiger partial charge in [0.15, 0.2) is 0 Å². The van der Waals surface area contributed by atoms with Crippen molar-refractivity contribution in [1.82, 2.24) is 0 Å². The summed E-state index contributed by atoms with van der Waals surface area (Å²) in [5, 5.41) is -0.631. The first kappa shape index (κ1) is 11.2. The van der Waals surface area contributed by atoms with Gasteiger partial charge in [-0.15, -0.1) is 0 Å². The molecule has 78 valence electrons. The second-order valence-electron chi connectivity index (χ2n) is 3.22. The van der Waals surface area contributed by atoms with Crippen molar-refractivity contribution in [1.29, 1.82) is 0 Å². The SMILES string of the molecule is CCOC(=O)C1CC(=O)CC1C(=O)Cl. The first-order chi connectivity index (χ1) is 6.56. The van der Waals surface area contributed by atoms with Crippen LogP contribution < -0.4 is 0 Å². The lowest BCUT2D eigenvalue weighted by atomic mass is 9.98. The molecule has 0 heterocycles. The Kier molecular flexibility index (Phi) is 3.63. The van der Waals surface area contributed by atoms with Crippen molar-refractivity contribution in [2.75, 3.05) is 6.61 Å². The molecule has 1 rings (SSSR count). The third-order valence-corrected chi connectivity index (χ3v) is 2.54. The molecule has 0 aromatic rings. The molecule has 0 saturated heterocycles. The molecule has 0 aromatic carbocycles. The van der Waals surface area contributed by atoms with E-state index in [2.05, 4.69) is 0 Å². The Balaban J connectivity index is 2.71. The van der Waals surface area contributed by atoms with Crippen LogP contribution in [0.3, 0.4) is 0 Å². The molecule has 0 radical (unpaired) electrons. The van der Waals surface area contributed by atoms with Gasteiger partial charge in [0.1, 0.15) is 5.78 Å². The second kappa shape index (κ2) is 4.55. The highest BCUT2D eigenvalue weighted by Gasteiger charge is 2.42. The number of Topliss-reactive ketones (excluding diaryl/α,β-unsaturated/α-hetero) is 1. The zero-order valence-electron chi connectivity index (χ0n) is 7.79. The minimum atomic E-state index is -0.691. The van der Waals surface area contributed by atoms with Crippen LogP contribution in [0.15, 0.2) is 0 Å². The van der Waals surface area contributed by atoms with Crippen LogP contribution in [0.1, 0.15) is 19.8 Å². The van der Waals surface area contributed by atoms with E-state index in [-0.39, 0.29) is 25.2 Å². The van der Waals surface area contributed by atoms with E-state index in [1.165, 1.54) is 0 Å². The largest absolute Gasteiger partial charge is 0.466 e. The molecule has 0 amide bonds. The average Bonchev–Trinajstić information content (AvgIpc) is 2.48. The van der Waals surface area contributed by atoms with Gasteiger partial charge in [0.25, 0.3) is 0 Å². The van der Waals surface area contributed by atoms with Crippen molar-refractivity contribution < 1.29 is 19.1 Å². The van der Waals surface area contributed by atoms with E-state index in [4.69, 9.17) is 16.3 Å². The quantitative estimate of drug-likeness (QED) is 0.522. The monoisotopic (exact) mass is 218 g/mol. The van der Waals surface area contributed by atoms with Gasteiger partial charge in [0.2, 0.25) is 5.24 Å². The minimum absolute atomic E-state index is 0.0613. The molecule has 0 bridgehead atoms. The van der Waals surface area contributed by atoms with Crippen LogP contribution in [-0.2, 0) is 19.1 Å². The molecule has 1 aliphatic rings.